The summed E-state index contributed by atoms with van der Waals surface area (Å²) in [6.07, 6.45) is 3.60. The molecule has 0 radical (unpaired) electrons. The number of nitrogens with zero attached hydrogens (tertiary/aromatic N) is 2. The number of hydrogen-bond donors (Lipinski definition) is 0. The van der Waals surface area contributed by atoms with Crippen molar-refractivity contribution in [3.05, 3.63) is 70.6 Å². The monoisotopic (exact) mass is 422 g/mol. The maximum atomic E-state index is 12.7. The molecule has 7 heteroatoms. The van der Waals surface area contributed by atoms with Gasteiger partial charge in [0.15, 0.2) is 0 Å². The van der Waals surface area contributed by atoms with E-state index in [-0.39, 0.29) is 12.5 Å². The molecule has 0 aromatic heterocycles. The first kappa shape index (κ1) is 20.2. The summed E-state index contributed by atoms with van der Waals surface area (Å²) in [4.78, 5) is 40.4. The van der Waals surface area contributed by atoms with E-state index < -0.39 is 11.1 Å². The molecule has 2 fully saturated rings. The Morgan fingerprint density at radius 3 is 2.57 bits per heavy atom. The lowest BCUT2D eigenvalue weighted by Gasteiger charge is -2.18. The van der Waals surface area contributed by atoms with Gasteiger partial charge in [-0.25, -0.2) is 0 Å². The lowest BCUT2D eigenvalue weighted by molar-refractivity contribution is -0.135. The van der Waals surface area contributed by atoms with Gasteiger partial charge in [0.2, 0.25) is 5.91 Å². The van der Waals surface area contributed by atoms with Gasteiger partial charge in [0, 0.05) is 13.1 Å². The van der Waals surface area contributed by atoms with Crippen molar-refractivity contribution in [2.75, 3.05) is 19.6 Å². The zero-order valence-electron chi connectivity index (χ0n) is 16.5. The number of ether oxygens (including phenoxy) is 1. The molecule has 6 nitrogen and oxygen atoms in total. The molecule has 2 aromatic rings. The second-order valence-corrected chi connectivity index (χ2v) is 8.20. The number of amides is 3. The van der Waals surface area contributed by atoms with Crippen molar-refractivity contribution in [2.24, 2.45) is 0 Å². The predicted octanol–water partition coefficient (Wildman–Crippen LogP) is 3.92. The second kappa shape index (κ2) is 9.17. The van der Waals surface area contributed by atoms with Crippen molar-refractivity contribution >= 4 is 34.9 Å². The normalized spacial score (nSPS) is 17.8. The molecule has 30 heavy (non-hydrogen) atoms. The summed E-state index contributed by atoms with van der Waals surface area (Å²) in [6, 6.07) is 17.2. The average Bonchev–Trinajstić information content (AvgIpc) is 3.38. The summed E-state index contributed by atoms with van der Waals surface area (Å²) in [5, 5.41) is -0.407. The van der Waals surface area contributed by atoms with Crippen LogP contribution in [0.25, 0.3) is 6.08 Å². The highest BCUT2D eigenvalue weighted by atomic mass is 32.2. The van der Waals surface area contributed by atoms with Gasteiger partial charge in [0.05, 0.1) is 4.91 Å². The van der Waals surface area contributed by atoms with Crippen LogP contribution in [0.2, 0.25) is 0 Å². The molecule has 154 valence electrons. The van der Waals surface area contributed by atoms with Gasteiger partial charge in [-0.1, -0.05) is 42.5 Å². The summed E-state index contributed by atoms with van der Waals surface area (Å²) in [5.74, 6) is 0.0801. The Labute approximate surface area is 179 Å². The topological polar surface area (TPSA) is 66.9 Å². The third-order valence-corrected chi connectivity index (χ3v) is 5.94. The fourth-order valence-corrected chi connectivity index (χ4v) is 4.26. The van der Waals surface area contributed by atoms with E-state index in [1.807, 2.05) is 54.6 Å². The zero-order valence-corrected chi connectivity index (χ0v) is 17.3. The molecule has 0 atom stereocenters. The molecule has 2 aliphatic heterocycles. The number of carbonyl (C=O) groups is 3. The molecule has 2 heterocycles. The minimum absolute atomic E-state index is 0.174. The van der Waals surface area contributed by atoms with E-state index >= 15 is 0 Å². The minimum atomic E-state index is -0.423. The Bertz CT molecular complexity index is 984. The average molecular weight is 423 g/mol. The van der Waals surface area contributed by atoms with Gasteiger partial charge in [-0.2, -0.15) is 0 Å². The highest BCUT2D eigenvalue weighted by Crippen LogP contribution is 2.32. The fourth-order valence-electron chi connectivity index (χ4n) is 3.42. The van der Waals surface area contributed by atoms with E-state index in [1.54, 1.807) is 11.0 Å². The van der Waals surface area contributed by atoms with Crippen LogP contribution in [0, 0.1) is 0 Å². The molecule has 0 N–H and O–H groups in total. The molecule has 2 saturated heterocycles. The Hall–Kier alpha value is -3.06. The van der Waals surface area contributed by atoms with Crippen molar-refractivity contribution < 1.29 is 19.1 Å². The highest BCUT2D eigenvalue weighted by Gasteiger charge is 2.37. The number of imide groups is 1. The van der Waals surface area contributed by atoms with E-state index in [4.69, 9.17) is 4.74 Å². The number of thioether (sulfide) groups is 1. The molecule has 0 unspecified atom stereocenters. The smallest absolute Gasteiger partial charge is 0.294 e. The first-order valence-electron chi connectivity index (χ1n) is 9.90. The first-order chi connectivity index (χ1) is 14.6. The van der Waals surface area contributed by atoms with Crippen molar-refractivity contribution in [3.63, 3.8) is 0 Å². The van der Waals surface area contributed by atoms with Crippen molar-refractivity contribution in [2.45, 2.75) is 19.4 Å². The molecule has 3 amide bonds. The Kier molecular flexibility index (Phi) is 6.18. The largest absolute Gasteiger partial charge is 0.489 e. The minimum Gasteiger partial charge on any atom is -0.489 e. The van der Waals surface area contributed by atoms with Crippen molar-refractivity contribution in [1.82, 2.24) is 9.80 Å². The molecule has 0 saturated carbocycles. The Morgan fingerprint density at radius 2 is 1.80 bits per heavy atom. The van der Waals surface area contributed by atoms with Crippen LogP contribution in [0.5, 0.6) is 5.75 Å². The molecular formula is C23H22N2O4S. The lowest BCUT2D eigenvalue weighted by Crippen LogP contribution is -2.40. The maximum absolute atomic E-state index is 12.7. The fraction of sp³-hybridized carbons (Fsp3) is 0.261. The summed E-state index contributed by atoms with van der Waals surface area (Å²) >= 11 is 0.864. The lowest BCUT2D eigenvalue weighted by atomic mass is 10.2. The molecule has 0 bridgehead atoms. The van der Waals surface area contributed by atoms with Crippen LogP contribution in [0.4, 0.5) is 4.79 Å². The molecular weight excluding hydrogens is 400 g/mol. The van der Waals surface area contributed by atoms with Gasteiger partial charge in [-0.05, 0) is 53.9 Å². The molecule has 0 aliphatic carbocycles. The van der Waals surface area contributed by atoms with Gasteiger partial charge in [-0.3, -0.25) is 19.3 Å². The Balaban J connectivity index is 1.42. The molecule has 2 aromatic carbocycles. The van der Waals surface area contributed by atoms with E-state index in [1.165, 1.54) is 0 Å². The van der Waals surface area contributed by atoms with Crippen molar-refractivity contribution in [3.8, 4) is 5.75 Å². The third-order valence-electron chi connectivity index (χ3n) is 5.03. The van der Waals surface area contributed by atoms with Gasteiger partial charge < -0.3 is 9.64 Å². The maximum Gasteiger partial charge on any atom is 0.294 e. The number of hydrogen-bond acceptors (Lipinski definition) is 5. The number of likely N-dealkylation sites (tertiary alicyclic amines) is 1. The summed E-state index contributed by atoms with van der Waals surface area (Å²) < 4.78 is 5.83. The molecule has 2 aliphatic rings. The van der Waals surface area contributed by atoms with E-state index in [9.17, 15) is 14.4 Å². The predicted molar refractivity (Wildman–Crippen MR) is 116 cm³/mol. The van der Waals surface area contributed by atoms with Crippen LogP contribution < -0.4 is 4.74 Å². The number of rotatable bonds is 6. The third kappa shape index (κ3) is 4.74. The van der Waals surface area contributed by atoms with Crippen LogP contribution in [0.1, 0.15) is 24.0 Å². The van der Waals surface area contributed by atoms with Crippen LogP contribution in [-0.4, -0.2) is 46.5 Å². The van der Waals surface area contributed by atoms with Gasteiger partial charge in [0.25, 0.3) is 11.1 Å². The van der Waals surface area contributed by atoms with Crippen LogP contribution in [0.3, 0.4) is 0 Å². The van der Waals surface area contributed by atoms with E-state index in [0.29, 0.717) is 30.4 Å². The first-order valence-corrected chi connectivity index (χ1v) is 10.7. The van der Waals surface area contributed by atoms with Gasteiger partial charge in [0.1, 0.15) is 18.9 Å². The molecule has 4 rings (SSSR count). The molecule has 0 spiro atoms. The summed E-state index contributed by atoms with van der Waals surface area (Å²) in [7, 11) is 0. The SMILES string of the molecule is O=C(CN1C(=O)SC(=Cc2cccc(OCc3ccccc3)c2)C1=O)N1CCCC1. The van der Waals surface area contributed by atoms with Crippen LogP contribution in [0.15, 0.2) is 59.5 Å². The number of carbonyl (C=O) groups excluding carboxylic acids is 3. The van der Waals surface area contributed by atoms with Crippen LogP contribution >= 0.6 is 11.8 Å². The number of benzene rings is 2. The second-order valence-electron chi connectivity index (χ2n) is 7.20. The van der Waals surface area contributed by atoms with Crippen LogP contribution in [-0.2, 0) is 16.2 Å². The summed E-state index contributed by atoms with van der Waals surface area (Å²) in [6.45, 7) is 1.64. The van der Waals surface area contributed by atoms with E-state index in [2.05, 4.69) is 0 Å². The highest BCUT2D eigenvalue weighted by molar-refractivity contribution is 8.18. The van der Waals surface area contributed by atoms with Crippen molar-refractivity contribution in [1.29, 1.82) is 0 Å². The summed E-state index contributed by atoms with van der Waals surface area (Å²) in [5.41, 5.74) is 1.82. The van der Waals surface area contributed by atoms with Gasteiger partial charge in [-0.15, -0.1) is 0 Å². The Morgan fingerprint density at radius 1 is 1.03 bits per heavy atom. The quantitative estimate of drug-likeness (QED) is 0.660. The zero-order chi connectivity index (χ0) is 20.9. The standard InChI is InChI=1S/C23H22N2O4S/c26-21(24-11-4-5-12-24)15-25-22(27)20(30-23(25)28)14-18-9-6-10-19(13-18)29-16-17-7-2-1-3-8-17/h1-3,6-10,13-14H,4-5,11-12,15-16H2. The van der Waals surface area contributed by atoms with Gasteiger partial charge >= 0.3 is 0 Å². The van der Waals surface area contributed by atoms with E-state index in [0.717, 1.165) is 40.6 Å².